The number of hydrogen-bond donors (Lipinski definition) is 1. The first-order valence-electron chi connectivity index (χ1n) is 4.41. The molecular formula is C9H17N3O. The van der Waals surface area contributed by atoms with Gasteiger partial charge in [-0.25, -0.2) is 0 Å². The van der Waals surface area contributed by atoms with Crippen LogP contribution in [0.15, 0.2) is 12.3 Å². The van der Waals surface area contributed by atoms with Gasteiger partial charge in [-0.15, -0.1) is 0 Å². The largest absolute Gasteiger partial charge is 0.383 e. The smallest absolute Gasteiger partial charge is 0.0640 e. The number of methoxy groups -OCH3 is 1. The van der Waals surface area contributed by atoms with E-state index in [9.17, 15) is 0 Å². The molecule has 0 aliphatic rings. The molecule has 1 atom stereocenters. The van der Waals surface area contributed by atoms with Crippen molar-refractivity contribution in [2.24, 2.45) is 7.05 Å². The lowest BCUT2D eigenvalue weighted by molar-refractivity contribution is 0.169. The topological polar surface area (TPSA) is 39.1 Å². The summed E-state index contributed by atoms with van der Waals surface area (Å²) in [6.07, 6.45) is 2.86. The normalized spacial score (nSPS) is 13.2. The molecule has 1 unspecified atom stereocenters. The summed E-state index contributed by atoms with van der Waals surface area (Å²) in [4.78, 5) is 0. The Balaban J connectivity index is 2.46. The van der Waals surface area contributed by atoms with E-state index in [1.807, 2.05) is 31.0 Å². The van der Waals surface area contributed by atoms with Gasteiger partial charge in [0.05, 0.1) is 12.3 Å². The molecule has 0 radical (unpaired) electrons. The average molecular weight is 183 g/mol. The fourth-order valence-electron chi connectivity index (χ4n) is 1.27. The SMILES string of the molecule is CNC(COC)Cc1ccn(C)n1. The Hall–Kier alpha value is -0.870. The Labute approximate surface area is 78.9 Å². The summed E-state index contributed by atoms with van der Waals surface area (Å²) in [7, 11) is 5.57. The lowest BCUT2D eigenvalue weighted by Gasteiger charge is -2.12. The minimum Gasteiger partial charge on any atom is -0.383 e. The Morgan fingerprint density at radius 2 is 2.46 bits per heavy atom. The van der Waals surface area contributed by atoms with E-state index >= 15 is 0 Å². The highest BCUT2D eigenvalue weighted by molar-refractivity contribution is 5.01. The summed E-state index contributed by atoms with van der Waals surface area (Å²) in [5.41, 5.74) is 1.10. The van der Waals surface area contributed by atoms with Crippen LogP contribution in [0.3, 0.4) is 0 Å². The monoisotopic (exact) mass is 183 g/mol. The molecule has 0 fully saturated rings. The van der Waals surface area contributed by atoms with Gasteiger partial charge in [-0.2, -0.15) is 5.10 Å². The third kappa shape index (κ3) is 3.16. The Morgan fingerprint density at radius 3 is 2.92 bits per heavy atom. The van der Waals surface area contributed by atoms with Gasteiger partial charge in [0.1, 0.15) is 0 Å². The molecule has 1 heterocycles. The molecule has 1 aromatic rings. The predicted octanol–water partition coefficient (Wildman–Crippen LogP) is 0.197. The molecule has 13 heavy (non-hydrogen) atoms. The van der Waals surface area contributed by atoms with Crippen LogP contribution in [0.25, 0.3) is 0 Å². The summed E-state index contributed by atoms with van der Waals surface area (Å²) in [5.74, 6) is 0. The fourth-order valence-corrected chi connectivity index (χ4v) is 1.27. The first kappa shape index (κ1) is 10.2. The van der Waals surface area contributed by atoms with Crippen LogP contribution in [0, 0.1) is 0 Å². The molecule has 1 aromatic heterocycles. The van der Waals surface area contributed by atoms with Crippen LogP contribution in [-0.4, -0.2) is 36.6 Å². The van der Waals surface area contributed by atoms with E-state index < -0.39 is 0 Å². The highest BCUT2D eigenvalue weighted by Gasteiger charge is 2.07. The molecule has 0 aromatic carbocycles. The van der Waals surface area contributed by atoms with Gasteiger partial charge >= 0.3 is 0 Å². The molecule has 0 amide bonds. The number of nitrogens with zero attached hydrogens (tertiary/aromatic N) is 2. The first-order valence-corrected chi connectivity index (χ1v) is 4.41. The lowest BCUT2D eigenvalue weighted by Crippen LogP contribution is -2.32. The molecule has 0 bridgehead atoms. The molecule has 74 valence electrons. The van der Waals surface area contributed by atoms with Crippen LogP contribution < -0.4 is 5.32 Å². The summed E-state index contributed by atoms with van der Waals surface area (Å²) in [6, 6.07) is 2.37. The first-order chi connectivity index (χ1) is 6.26. The summed E-state index contributed by atoms with van der Waals surface area (Å²) in [6.45, 7) is 0.715. The molecule has 4 nitrogen and oxygen atoms in total. The predicted molar refractivity (Wildman–Crippen MR) is 51.6 cm³/mol. The second-order valence-electron chi connectivity index (χ2n) is 3.13. The number of aromatic nitrogens is 2. The number of rotatable bonds is 5. The maximum Gasteiger partial charge on any atom is 0.0640 e. The van der Waals surface area contributed by atoms with Crippen molar-refractivity contribution in [3.05, 3.63) is 18.0 Å². The minimum atomic E-state index is 0.347. The Morgan fingerprint density at radius 1 is 1.69 bits per heavy atom. The van der Waals surface area contributed by atoms with Crippen LogP contribution in [-0.2, 0) is 18.2 Å². The van der Waals surface area contributed by atoms with E-state index in [4.69, 9.17) is 4.74 Å². The van der Waals surface area contributed by atoms with Crippen molar-refractivity contribution in [3.8, 4) is 0 Å². The van der Waals surface area contributed by atoms with E-state index in [0.29, 0.717) is 12.6 Å². The number of ether oxygens (including phenoxy) is 1. The van der Waals surface area contributed by atoms with Crippen molar-refractivity contribution in [2.45, 2.75) is 12.5 Å². The van der Waals surface area contributed by atoms with Crippen LogP contribution in [0.2, 0.25) is 0 Å². The second kappa shape index (κ2) is 4.99. The molecule has 0 aliphatic heterocycles. The number of aryl methyl sites for hydroxylation is 1. The summed E-state index contributed by atoms with van der Waals surface area (Å²) < 4.78 is 6.89. The zero-order valence-electron chi connectivity index (χ0n) is 8.45. The van der Waals surface area contributed by atoms with Gasteiger partial charge in [-0.05, 0) is 13.1 Å². The third-order valence-corrected chi connectivity index (χ3v) is 2.00. The Kier molecular flexibility index (Phi) is 3.92. The average Bonchev–Trinajstić information content (AvgIpc) is 2.50. The third-order valence-electron chi connectivity index (χ3n) is 2.00. The number of likely N-dealkylation sites (N-methyl/N-ethyl adjacent to an activating group) is 1. The van der Waals surface area contributed by atoms with Gasteiger partial charge in [-0.1, -0.05) is 0 Å². The molecule has 0 aliphatic carbocycles. The number of hydrogen-bond acceptors (Lipinski definition) is 3. The molecule has 0 saturated heterocycles. The van der Waals surface area contributed by atoms with Crippen molar-refractivity contribution in [1.82, 2.24) is 15.1 Å². The lowest BCUT2D eigenvalue weighted by atomic mass is 10.2. The van der Waals surface area contributed by atoms with Gasteiger partial charge in [0, 0.05) is 32.8 Å². The molecular weight excluding hydrogens is 166 g/mol. The maximum absolute atomic E-state index is 5.08. The molecule has 0 spiro atoms. The summed E-state index contributed by atoms with van der Waals surface area (Å²) in [5, 5.41) is 7.49. The zero-order chi connectivity index (χ0) is 9.68. The van der Waals surface area contributed by atoms with Crippen LogP contribution in [0.1, 0.15) is 5.69 Å². The van der Waals surface area contributed by atoms with E-state index in [0.717, 1.165) is 12.1 Å². The zero-order valence-corrected chi connectivity index (χ0v) is 8.45. The molecule has 0 saturated carbocycles. The summed E-state index contributed by atoms with van der Waals surface area (Å²) >= 11 is 0. The Bertz CT molecular complexity index is 247. The van der Waals surface area contributed by atoms with Gasteiger partial charge in [0.15, 0.2) is 0 Å². The van der Waals surface area contributed by atoms with E-state index in [2.05, 4.69) is 10.4 Å². The van der Waals surface area contributed by atoms with E-state index in [-0.39, 0.29) is 0 Å². The second-order valence-corrected chi connectivity index (χ2v) is 3.13. The van der Waals surface area contributed by atoms with Crippen molar-refractivity contribution in [2.75, 3.05) is 20.8 Å². The standard InChI is InChI=1S/C9H17N3O/c1-10-9(7-13-3)6-8-4-5-12(2)11-8/h4-5,9-10H,6-7H2,1-3H3. The minimum absolute atomic E-state index is 0.347. The maximum atomic E-state index is 5.08. The van der Waals surface area contributed by atoms with Crippen molar-refractivity contribution < 1.29 is 4.74 Å². The molecule has 1 N–H and O–H groups in total. The van der Waals surface area contributed by atoms with Crippen LogP contribution >= 0.6 is 0 Å². The van der Waals surface area contributed by atoms with Gasteiger partial charge < -0.3 is 10.1 Å². The van der Waals surface area contributed by atoms with E-state index in [1.54, 1.807) is 7.11 Å². The molecule has 1 rings (SSSR count). The van der Waals surface area contributed by atoms with Gasteiger partial charge in [0.25, 0.3) is 0 Å². The van der Waals surface area contributed by atoms with E-state index in [1.165, 1.54) is 0 Å². The fraction of sp³-hybridized carbons (Fsp3) is 0.667. The molecule has 4 heteroatoms. The highest BCUT2D eigenvalue weighted by atomic mass is 16.5. The van der Waals surface area contributed by atoms with Crippen molar-refractivity contribution in [1.29, 1.82) is 0 Å². The van der Waals surface area contributed by atoms with Crippen LogP contribution in [0.4, 0.5) is 0 Å². The highest BCUT2D eigenvalue weighted by Crippen LogP contribution is 1.99. The quantitative estimate of drug-likeness (QED) is 0.708. The number of nitrogens with one attached hydrogen (secondary N) is 1. The van der Waals surface area contributed by atoms with Gasteiger partial charge in [-0.3, -0.25) is 4.68 Å². The van der Waals surface area contributed by atoms with Crippen molar-refractivity contribution >= 4 is 0 Å². The van der Waals surface area contributed by atoms with Crippen LogP contribution in [0.5, 0.6) is 0 Å². The van der Waals surface area contributed by atoms with Gasteiger partial charge in [0.2, 0.25) is 0 Å². The van der Waals surface area contributed by atoms with Crippen molar-refractivity contribution in [3.63, 3.8) is 0 Å².